The number of thiazole rings is 1. The van der Waals surface area contributed by atoms with Crippen molar-refractivity contribution in [3.63, 3.8) is 0 Å². The third-order valence-electron chi connectivity index (χ3n) is 3.77. The van der Waals surface area contributed by atoms with E-state index in [1.807, 2.05) is 6.92 Å². The average Bonchev–Trinajstić information content (AvgIpc) is 3.02. The van der Waals surface area contributed by atoms with Crippen LogP contribution in [0.3, 0.4) is 0 Å². The number of nitrogens with zero attached hydrogens (tertiary/aromatic N) is 1. The molecule has 1 heterocycles. The van der Waals surface area contributed by atoms with Gasteiger partial charge in [-0.05, 0) is 30.7 Å². The van der Waals surface area contributed by atoms with Crippen LogP contribution in [-0.4, -0.2) is 19.3 Å². The SMILES string of the molecule is Cc1ncc(-c2ccc(NC(=O)Cc3ccccc3Cl)cc2S(N)(=O)=O)s1. The van der Waals surface area contributed by atoms with Gasteiger partial charge in [0, 0.05) is 22.5 Å². The van der Waals surface area contributed by atoms with Gasteiger partial charge in [0.15, 0.2) is 0 Å². The number of nitrogens with two attached hydrogens (primary N) is 1. The first-order chi connectivity index (χ1) is 12.7. The summed E-state index contributed by atoms with van der Waals surface area (Å²) >= 11 is 7.43. The second kappa shape index (κ2) is 7.77. The molecule has 9 heteroatoms. The Balaban J connectivity index is 1.89. The molecule has 0 saturated carbocycles. The maximum atomic E-state index is 12.3. The number of sulfonamides is 1. The fraction of sp³-hybridized carbons (Fsp3) is 0.111. The standard InChI is InChI=1S/C18H16ClN3O3S2/c1-11-21-10-16(26-11)14-7-6-13(9-17(14)27(20,24)25)22-18(23)8-12-4-2-3-5-15(12)19/h2-7,9-10H,8H2,1H3,(H,22,23)(H2,20,24,25). The lowest BCUT2D eigenvalue weighted by Gasteiger charge is -2.11. The number of anilines is 1. The quantitative estimate of drug-likeness (QED) is 0.656. The molecule has 3 N–H and O–H groups in total. The number of hydrogen-bond donors (Lipinski definition) is 2. The van der Waals surface area contributed by atoms with Crippen molar-refractivity contribution in [2.45, 2.75) is 18.2 Å². The van der Waals surface area contributed by atoms with E-state index in [0.29, 0.717) is 26.7 Å². The largest absolute Gasteiger partial charge is 0.326 e. The molecule has 0 aliphatic heterocycles. The van der Waals surface area contributed by atoms with Crippen LogP contribution in [0, 0.1) is 6.92 Å². The summed E-state index contributed by atoms with van der Waals surface area (Å²) in [7, 11) is -3.99. The Kier molecular flexibility index (Phi) is 5.61. The van der Waals surface area contributed by atoms with E-state index < -0.39 is 10.0 Å². The highest BCUT2D eigenvalue weighted by atomic mass is 35.5. The molecule has 0 fully saturated rings. The molecule has 0 radical (unpaired) electrons. The van der Waals surface area contributed by atoms with Gasteiger partial charge in [-0.3, -0.25) is 4.79 Å². The molecule has 0 saturated heterocycles. The highest BCUT2D eigenvalue weighted by Crippen LogP contribution is 2.33. The van der Waals surface area contributed by atoms with Crippen molar-refractivity contribution in [3.8, 4) is 10.4 Å². The molecule has 27 heavy (non-hydrogen) atoms. The van der Waals surface area contributed by atoms with Crippen LogP contribution in [0.4, 0.5) is 5.69 Å². The first-order valence-corrected chi connectivity index (χ1v) is 10.6. The second-order valence-electron chi connectivity index (χ2n) is 5.82. The van der Waals surface area contributed by atoms with Gasteiger partial charge in [0.2, 0.25) is 15.9 Å². The molecule has 0 spiro atoms. The van der Waals surface area contributed by atoms with E-state index in [1.54, 1.807) is 42.6 Å². The van der Waals surface area contributed by atoms with Crippen LogP contribution in [0.5, 0.6) is 0 Å². The monoisotopic (exact) mass is 421 g/mol. The lowest BCUT2D eigenvalue weighted by molar-refractivity contribution is -0.115. The number of nitrogens with one attached hydrogen (secondary N) is 1. The Hall–Kier alpha value is -2.26. The topological polar surface area (TPSA) is 102 Å². The lowest BCUT2D eigenvalue weighted by atomic mass is 10.1. The number of hydrogen-bond acceptors (Lipinski definition) is 5. The Labute approximate surface area is 166 Å². The Morgan fingerprint density at radius 2 is 2.00 bits per heavy atom. The van der Waals surface area contributed by atoms with Crippen molar-refractivity contribution in [1.82, 2.24) is 4.98 Å². The van der Waals surface area contributed by atoms with Crippen LogP contribution in [-0.2, 0) is 21.2 Å². The van der Waals surface area contributed by atoms with Gasteiger partial charge in [-0.2, -0.15) is 0 Å². The number of aryl methyl sites for hydroxylation is 1. The molecule has 0 bridgehead atoms. The fourth-order valence-electron chi connectivity index (χ4n) is 2.54. The summed E-state index contributed by atoms with van der Waals surface area (Å²) in [6.45, 7) is 1.83. The van der Waals surface area contributed by atoms with E-state index in [1.165, 1.54) is 17.4 Å². The van der Waals surface area contributed by atoms with Gasteiger partial charge >= 0.3 is 0 Å². The van der Waals surface area contributed by atoms with Gasteiger partial charge in [0.25, 0.3) is 0 Å². The number of benzene rings is 2. The molecular weight excluding hydrogens is 406 g/mol. The number of amides is 1. The normalized spacial score (nSPS) is 11.4. The Morgan fingerprint density at radius 3 is 2.63 bits per heavy atom. The summed E-state index contributed by atoms with van der Waals surface area (Å²) in [6, 6.07) is 11.6. The van der Waals surface area contributed by atoms with Crippen molar-refractivity contribution in [1.29, 1.82) is 0 Å². The Bertz CT molecular complexity index is 1110. The fourth-order valence-corrected chi connectivity index (χ4v) is 4.40. The molecule has 0 aliphatic rings. The van der Waals surface area contributed by atoms with Crippen molar-refractivity contribution in [2.75, 3.05) is 5.32 Å². The number of aromatic nitrogens is 1. The molecule has 0 aliphatic carbocycles. The summed E-state index contributed by atoms with van der Waals surface area (Å²) < 4.78 is 24.1. The smallest absolute Gasteiger partial charge is 0.238 e. The van der Waals surface area contributed by atoms with Gasteiger partial charge in [-0.25, -0.2) is 18.5 Å². The van der Waals surface area contributed by atoms with Crippen LogP contribution >= 0.6 is 22.9 Å². The van der Waals surface area contributed by atoms with Crippen LogP contribution in [0.1, 0.15) is 10.6 Å². The minimum atomic E-state index is -3.99. The number of rotatable bonds is 5. The molecule has 3 rings (SSSR count). The lowest BCUT2D eigenvalue weighted by Crippen LogP contribution is -2.17. The number of carbonyl (C=O) groups excluding carboxylic acids is 1. The molecule has 140 valence electrons. The molecule has 0 unspecified atom stereocenters. The summed E-state index contributed by atoms with van der Waals surface area (Å²) in [5.41, 5.74) is 1.47. The number of carbonyl (C=O) groups is 1. The van der Waals surface area contributed by atoms with Gasteiger partial charge in [-0.1, -0.05) is 35.9 Å². The molecule has 3 aromatic rings. The van der Waals surface area contributed by atoms with Crippen LogP contribution in [0.15, 0.2) is 53.6 Å². The van der Waals surface area contributed by atoms with E-state index in [2.05, 4.69) is 10.3 Å². The summed E-state index contributed by atoms with van der Waals surface area (Å²) in [6.07, 6.45) is 1.67. The minimum Gasteiger partial charge on any atom is -0.326 e. The predicted octanol–water partition coefficient (Wildman–Crippen LogP) is 3.60. The predicted molar refractivity (Wildman–Crippen MR) is 107 cm³/mol. The average molecular weight is 422 g/mol. The van der Waals surface area contributed by atoms with Crippen LogP contribution < -0.4 is 10.5 Å². The van der Waals surface area contributed by atoms with Crippen molar-refractivity contribution in [2.24, 2.45) is 5.14 Å². The zero-order chi connectivity index (χ0) is 19.6. The van der Waals surface area contributed by atoms with E-state index in [4.69, 9.17) is 16.7 Å². The number of halogens is 1. The minimum absolute atomic E-state index is 0.0679. The first kappa shape index (κ1) is 19.5. The number of primary sulfonamides is 1. The molecular formula is C18H16ClN3O3S2. The Morgan fingerprint density at radius 1 is 1.26 bits per heavy atom. The van der Waals surface area contributed by atoms with Crippen LogP contribution in [0.2, 0.25) is 5.02 Å². The summed E-state index contributed by atoms with van der Waals surface area (Å²) in [5, 5.41) is 9.36. The molecule has 1 aromatic heterocycles. The van der Waals surface area contributed by atoms with Crippen molar-refractivity contribution >= 4 is 44.6 Å². The van der Waals surface area contributed by atoms with E-state index in [9.17, 15) is 13.2 Å². The van der Waals surface area contributed by atoms with E-state index >= 15 is 0 Å². The maximum Gasteiger partial charge on any atom is 0.238 e. The van der Waals surface area contributed by atoms with Gasteiger partial charge in [0.1, 0.15) is 0 Å². The molecule has 0 atom stereocenters. The van der Waals surface area contributed by atoms with Gasteiger partial charge in [0.05, 0.1) is 21.2 Å². The van der Waals surface area contributed by atoms with Gasteiger partial charge in [-0.15, -0.1) is 11.3 Å². The zero-order valence-corrected chi connectivity index (χ0v) is 16.7. The first-order valence-electron chi connectivity index (χ1n) is 7.87. The summed E-state index contributed by atoms with van der Waals surface area (Å²) in [5.74, 6) is -0.315. The third-order valence-corrected chi connectivity index (χ3v) is 6.03. The van der Waals surface area contributed by atoms with Crippen molar-refractivity contribution < 1.29 is 13.2 Å². The third kappa shape index (κ3) is 4.72. The van der Waals surface area contributed by atoms with Gasteiger partial charge < -0.3 is 5.32 Å². The highest BCUT2D eigenvalue weighted by molar-refractivity contribution is 7.89. The zero-order valence-electron chi connectivity index (χ0n) is 14.3. The van der Waals surface area contributed by atoms with E-state index in [-0.39, 0.29) is 17.2 Å². The molecule has 1 amide bonds. The van der Waals surface area contributed by atoms with Crippen molar-refractivity contribution in [3.05, 3.63) is 64.3 Å². The second-order valence-corrected chi connectivity index (χ2v) is 8.99. The molecule has 2 aromatic carbocycles. The maximum absolute atomic E-state index is 12.3. The van der Waals surface area contributed by atoms with E-state index in [0.717, 1.165) is 5.01 Å². The highest BCUT2D eigenvalue weighted by Gasteiger charge is 2.18. The molecule has 6 nitrogen and oxygen atoms in total. The van der Waals surface area contributed by atoms with Crippen LogP contribution in [0.25, 0.3) is 10.4 Å². The summed E-state index contributed by atoms with van der Waals surface area (Å²) in [4.78, 5) is 17.1.